The van der Waals surface area contributed by atoms with Gasteiger partial charge in [-0.05, 0) is 24.6 Å². The van der Waals surface area contributed by atoms with Crippen LogP contribution in [0.15, 0.2) is 24.3 Å². The van der Waals surface area contributed by atoms with E-state index in [0.29, 0.717) is 13.2 Å². The molecule has 0 saturated carbocycles. The minimum atomic E-state index is 0.0535. The third-order valence-electron chi connectivity index (χ3n) is 2.58. The first-order valence-electron chi connectivity index (χ1n) is 6.32. The summed E-state index contributed by atoms with van der Waals surface area (Å²) >= 11 is 6.08. The molecule has 1 N–H and O–H groups in total. The molecule has 0 aliphatic carbocycles. The summed E-state index contributed by atoms with van der Waals surface area (Å²) < 4.78 is 11.0. The van der Waals surface area contributed by atoms with Crippen molar-refractivity contribution in [3.05, 3.63) is 34.9 Å². The summed E-state index contributed by atoms with van der Waals surface area (Å²) in [6, 6.07) is 7.74. The molecule has 1 atom stereocenters. The Labute approximate surface area is 114 Å². The molecule has 3 nitrogen and oxygen atoms in total. The van der Waals surface area contributed by atoms with Gasteiger partial charge in [0.15, 0.2) is 0 Å². The van der Waals surface area contributed by atoms with E-state index in [9.17, 15) is 0 Å². The van der Waals surface area contributed by atoms with E-state index in [1.54, 1.807) is 7.11 Å². The first-order valence-corrected chi connectivity index (χ1v) is 6.70. The molecule has 0 bridgehead atoms. The Balaban J connectivity index is 2.39. The summed E-state index contributed by atoms with van der Waals surface area (Å²) in [6.07, 6.45) is 1.17. The predicted molar refractivity (Wildman–Crippen MR) is 75.1 cm³/mol. The van der Waals surface area contributed by atoms with Gasteiger partial charge in [-0.25, -0.2) is 0 Å². The zero-order chi connectivity index (χ0) is 13.2. The van der Waals surface area contributed by atoms with Crippen molar-refractivity contribution in [3.8, 4) is 0 Å². The highest BCUT2D eigenvalue weighted by Crippen LogP contribution is 2.16. The van der Waals surface area contributed by atoms with Gasteiger partial charge in [0.05, 0.1) is 19.3 Å². The number of nitrogens with one attached hydrogen (secondary N) is 1. The van der Waals surface area contributed by atoms with Gasteiger partial charge in [-0.2, -0.15) is 0 Å². The van der Waals surface area contributed by atoms with Crippen molar-refractivity contribution in [2.24, 2.45) is 0 Å². The van der Waals surface area contributed by atoms with Gasteiger partial charge in [0, 0.05) is 18.7 Å². The highest BCUT2D eigenvalue weighted by atomic mass is 35.5. The van der Waals surface area contributed by atoms with Crippen molar-refractivity contribution in [2.45, 2.75) is 26.1 Å². The maximum atomic E-state index is 6.08. The number of rotatable bonds is 9. The highest BCUT2D eigenvalue weighted by molar-refractivity contribution is 6.31. The molecule has 0 fully saturated rings. The van der Waals surface area contributed by atoms with Crippen molar-refractivity contribution >= 4 is 11.6 Å². The smallest absolute Gasteiger partial charge is 0.0936 e. The van der Waals surface area contributed by atoms with Crippen molar-refractivity contribution in [3.63, 3.8) is 0 Å². The van der Waals surface area contributed by atoms with Crippen LogP contribution in [-0.2, 0) is 16.1 Å². The Morgan fingerprint density at radius 1 is 1.33 bits per heavy atom. The number of halogens is 1. The summed E-state index contributed by atoms with van der Waals surface area (Å²) in [4.78, 5) is 0. The molecule has 18 heavy (non-hydrogen) atoms. The van der Waals surface area contributed by atoms with E-state index >= 15 is 0 Å². The number of ether oxygens (including phenoxy) is 2. The topological polar surface area (TPSA) is 30.5 Å². The van der Waals surface area contributed by atoms with Gasteiger partial charge in [-0.1, -0.05) is 36.7 Å². The van der Waals surface area contributed by atoms with E-state index in [1.807, 2.05) is 24.3 Å². The van der Waals surface area contributed by atoms with Crippen LogP contribution in [0.3, 0.4) is 0 Å². The second-order valence-electron chi connectivity index (χ2n) is 4.18. The first kappa shape index (κ1) is 15.4. The average Bonchev–Trinajstić information content (AvgIpc) is 2.38. The second-order valence-corrected chi connectivity index (χ2v) is 4.59. The molecule has 0 saturated heterocycles. The van der Waals surface area contributed by atoms with Gasteiger partial charge < -0.3 is 14.8 Å². The number of hydrogen-bond donors (Lipinski definition) is 1. The van der Waals surface area contributed by atoms with Gasteiger partial charge in [-0.15, -0.1) is 0 Å². The largest absolute Gasteiger partial charge is 0.382 e. The predicted octanol–water partition coefficient (Wildman–Crippen LogP) is 2.87. The Hall–Kier alpha value is -0.610. The van der Waals surface area contributed by atoms with E-state index in [-0.39, 0.29) is 6.10 Å². The molecule has 0 amide bonds. The van der Waals surface area contributed by atoms with E-state index in [0.717, 1.165) is 30.1 Å². The monoisotopic (exact) mass is 271 g/mol. The molecule has 1 aromatic rings. The molecule has 0 heterocycles. The number of hydrogen-bond acceptors (Lipinski definition) is 3. The summed E-state index contributed by atoms with van der Waals surface area (Å²) in [6.45, 7) is 5.04. The highest BCUT2D eigenvalue weighted by Gasteiger charge is 2.09. The summed E-state index contributed by atoms with van der Waals surface area (Å²) in [5.41, 5.74) is 1.01. The molecule has 0 aromatic heterocycles. The zero-order valence-electron chi connectivity index (χ0n) is 11.1. The van der Waals surface area contributed by atoms with Crippen molar-refractivity contribution in [1.29, 1.82) is 0 Å². The van der Waals surface area contributed by atoms with E-state index in [2.05, 4.69) is 12.2 Å². The molecule has 0 spiro atoms. The van der Waals surface area contributed by atoms with Crippen LogP contribution < -0.4 is 5.32 Å². The van der Waals surface area contributed by atoms with Gasteiger partial charge in [0.1, 0.15) is 0 Å². The average molecular weight is 272 g/mol. The molecule has 0 aliphatic heterocycles. The summed E-state index contributed by atoms with van der Waals surface area (Å²) in [5, 5.41) is 4.08. The van der Waals surface area contributed by atoms with Crippen LogP contribution in [0, 0.1) is 0 Å². The number of methoxy groups -OCH3 is 1. The third-order valence-corrected chi connectivity index (χ3v) is 2.95. The van der Waals surface area contributed by atoms with E-state index in [4.69, 9.17) is 21.1 Å². The van der Waals surface area contributed by atoms with Crippen LogP contribution in [0.5, 0.6) is 0 Å². The lowest BCUT2D eigenvalue weighted by Crippen LogP contribution is -2.33. The summed E-state index contributed by atoms with van der Waals surface area (Å²) in [5.74, 6) is 0. The molecule has 0 aliphatic rings. The number of benzene rings is 1. The van der Waals surface area contributed by atoms with Crippen molar-refractivity contribution in [1.82, 2.24) is 5.32 Å². The van der Waals surface area contributed by atoms with E-state index < -0.39 is 0 Å². The normalized spacial score (nSPS) is 12.6. The van der Waals surface area contributed by atoms with Crippen LogP contribution in [0.2, 0.25) is 5.02 Å². The molecule has 1 unspecified atom stereocenters. The fourth-order valence-electron chi connectivity index (χ4n) is 1.61. The van der Waals surface area contributed by atoms with Crippen molar-refractivity contribution in [2.75, 3.05) is 26.8 Å². The molecular formula is C14H22ClNO2. The Morgan fingerprint density at radius 2 is 2.11 bits per heavy atom. The minimum absolute atomic E-state index is 0.0535. The lowest BCUT2D eigenvalue weighted by atomic mass is 10.2. The van der Waals surface area contributed by atoms with Crippen molar-refractivity contribution < 1.29 is 9.47 Å². The maximum Gasteiger partial charge on any atom is 0.0936 e. The SMILES string of the molecule is CCCNCC(COC)OCc1ccccc1Cl. The standard InChI is InChI=1S/C14H22ClNO2/c1-3-8-16-9-13(11-17-2)18-10-12-6-4-5-7-14(12)15/h4-7,13,16H,3,8-11H2,1-2H3. The molecule has 0 radical (unpaired) electrons. The second kappa shape index (κ2) is 9.34. The Morgan fingerprint density at radius 3 is 2.78 bits per heavy atom. The van der Waals surface area contributed by atoms with Gasteiger partial charge >= 0.3 is 0 Å². The lowest BCUT2D eigenvalue weighted by molar-refractivity contribution is -0.00997. The third kappa shape index (κ3) is 5.83. The fourth-order valence-corrected chi connectivity index (χ4v) is 1.81. The van der Waals surface area contributed by atoms with Crippen LogP contribution in [0.1, 0.15) is 18.9 Å². The van der Waals surface area contributed by atoms with Crippen LogP contribution >= 0.6 is 11.6 Å². The molecule has 1 aromatic carbocycles. The van der Waals surface area contributed by atoms with Gasteiger partial charge in [0.2, 0.25) is 0 Å². The van der Waals surface area contributed by atoms with Crippen LogP contribution in [0.4, 0.5) is 0 Å². The quantitative estimate of drug-likeness (QED) is 0.701. The molecule has 102 valence electrons. The first-order chi connectivity index (χ1) is 8.77. The minimum Gasteiger partial charge on any atom is -0.382 e. The van der Waals surface area contributed by atoms with Crippen LogP contribution in [0.25, 0.3) is 0 Å². The molecule has 4 heteroatoms. The lowest BCUT2D eigenvalue weighted by Gasteiger charge is -2.18. The summed E-state index contributed by atoms with van der Waals surface area (Å²) in [7, 11) is 1.69. The zero-order valence-corrected chi connectivity index (χ0v) is 11.9. The van der Waals surface area contributed by atoms with Gasteiger partial charge in [0.25, 0.3) is 0 Å². The maximum absolute atomic E-state index is 6.08. The van der Waals surface area contributed by atoms with E-state index in [1.165, 1.54) is 0 Å². The van der Waals surface area contributed by atoms with Gasteiger partial charge in [-0.3, -0.25) is 0 Å². The molecule has 1 rings (SSSR count). The van der Waals surface area contributed by atoms with Crippen LogP contribution in [-0.4, -0.2) is 32.9 Å². The molecular weight excluding hydrogens is 250 g/mol. The Kier molecular flexibility index (Phi) is 8.01. The Bertz CT molecular complexity index is 333. The fraction of sp³-hybridized carbons (Fsp3) is 0.571.